The zero-order chi connectivity index (χ0) is 12.0. The maximum absolute atomic E-state index is 12.0. The average Bonchev–Trinajstić information content (AvgIpc) is 2.29. The summed E-state index contributed by atoms with van der Waals surface area (Å²) < 4.78 is 0. The van der Waals surface area contributed by atoms with Crippen LogP contribution in [0.1, 0.15) is 52.4 Å². The van der Waals surface area contributed by atoms with Crippen LogP contribution >= 0.6 is 15.9 Å². The summed E-state index contributed by atoms with van der Waals surface area (Å²) in [6.45, 7) is 4.42. The van der Waals surface area contributed by atoms with Crippen LogP contribution in [-0.2, 0) is 4.79 Å². The Morgan fingerprint density at radius 3 is 2.50 bits per heavy atom. The quantitative estimate of drug-likeness (QED) is 0.772. The van der Waals surface area contributed by atoms with Gasteiger partial charge in [0.2, 0.25) is 5.91 Å². The van der Waals surface area contributed by atoms with Crippen molar-refractivity contribution in [3.8, 4) is 0 Å². The van der Waals surface area contributed by atoms with Gasteiger partial charge >= 0.3 is 0 Å². The number of nitrogens with one attached hydrogen (secondary N) is 1. The molecule has 94 valence electrons. The molecule has 0 bridgehead atoms. The molecule has 0 aliphatic heterocycles. The summed E-state index contributed by atoms with van der Waals surface area (Å²) in [5, 5.41) is 4.15. The number of halogens is 1. The van der Waals surface area contributed by atoms with Crippen molar-refractivity contribution in [2.24, 2.45) is 11.8 Å². The van der Waals surface area contributed by atoms with Gasteiger partial charge in [0.05, 0.1) is 0 Å². The fraction of sp³-hybridized carbons (Fsp3) is 0.923. The van der Waals surface area contributed by atoms with E-state index in [1.165, 1.54) is 12.8 Å². The van der Waals surface area contributed by atoms with Crippen LogP contribution in [0.4, 0.5) is 0 Å². The lowest BCUT2D eigenvalue weighted by Crippen LogP contribution is -2.39. The highest BCUT2D eigenvalue weighted by atomic mass is 79.9. The highest BCUT2D eigenvalue weighted by Gasteiger charge is 2.25. The Kier molecular flexibility index (Phi) is 6.40. The minimum absolute atomic E-state index is 0.278. The second kappa shape index (κ2) is 7.31. The van der Waals surface area contributed by atoms with E-state index in [9.17, 15) is 4.79 Å². The Balaban J connectivity index is 2.33. The number of amides is 1. The van der Waals surface area contributed by atoms with Crippen molar-refractivity contribution in [2.45, 2.75) is 58.4 Å². The summed E-state index contributed by atoms with van der Waals surface area (Å²) in [7, 11) is 0. The Hall–Kier alpha value is -0.0500. The Morgan fingerprint density at radius 1 is 1.38 bits per heavy atom. The van der Waals surface area contributed by atoms with Gasteiger partial charge in [0.25, 0.3) is 0 Å². The van der Waals surface area contributed by atoms with Crippen molar-refractivity contribution < 1.29 is 4.79 Å². The van der Waals surface area contributed by atoms with Gasteiger partial charge in [-0.05, 0) is 44.4 Å². The monoisotopic (exact) mass is 289 g/mol. The first-order valence-electron chi connectivity index (χ1n) is 6.53. The minimum atomic E-state index is 0.278. The van der Waals surface area contributed by atoms with E-state index in [1.54, 1.807) is 0 Å². The van der Waals surface area contributed by atoms with Crippen molar-refractivity contribution in [2.75, 3.05) is 5.33 Å². The molecule has 1 rings (SSSR count). The smallest absolute Gasteiger partial charge is 0.223 e. The molecule has 1 aliphatic rings. The van der Waals surface area contributed by atoms with Crippen molar-refractivity contribution in [1.82, 2.24) is 5.32 Å². The third-order valence-corrected chi connectivity index (χ3v) is 4.14. The molecule has 0 spiro atoms. The maximum Gasteiger partial charge on any atom is 0.223 e. The largest absolute Gasteiger partial charge is 0.353 e. The van der Waals surface area contributed by atoms with Crippen LogP contribution < -0.4 is 5.32 Å². The van der Waals surface area contributed by atoms with Crippen LogP contribution in [0.3, 0.4) is 0 Å². The normalized spacial score (nSPS) is 27.4. The number of carbonyl (C=O) groups is 1. The van der Waals surface area contributed by atoms with Gasteiger partial charge in [-0.25, -0.2) is 0 Å². The van der Waals surface area contributed by atoms with Gasteiger partial charge in [-0.15, -0.1) is 0 Å². The summed E-state index contributed by atoms with van der Waals surface area (Å²) in [6.07, 6.45) is 6.65. The summed E-state index contributed by atoms with van der Waals surface area (Å²) in [5.41, 5.74) is 0. The Bertz CT molecular complexity index is 212. The van der Waals surface area contributed by atoms with E-state index in [4.69, 9.17) is 0 Å². The van der Waals surface area contributed by atoms with Gasteiger partial charge in [0.1, 0.15) is 0 Å². The summed E-state index contributed by atoms with van der Waals surface area (Å²) in [4.78, 5) is 12.0. The van der Waals surface area contributed by atoms with Gasteiger partial charge in [-0.3, -0.25) is 4.79 Å². The van der Waals surface area contributed by atoms with Crippen molar-refractivity contribution in [3.05, 3.63) is 0 Å². The molecule has 1 N–H and O–H groups in total. The van der Waals surface area contributed by atoms with Crippen molar-refractivity contribution in [1.29, 1.82) is 0 Å². The number of hydrogen-bond acceptors (Lipinski definition) is 1. The topological polar surface area (TPSA) is 29.1 Å². The van der Waals surface area contributed by atoms with Crippen LogP contribution in [0.5, 0.6) is 0 Å². The Labute approximate surface area is 108 Å². The molecule has 0 aromatic carbocycles. The zero-order valence-corrected chi connectivity index (χ0v) is 12.1. The third-order valence-electron chi connectivity index (χ3n) is 3.68. The van der Waals surface area contributed by atoms with Crippen LogP contribution in [-0.4, -0.2) is 17.3 Å². The fourth-order valence-electron chi connectivity index (χ4n) is 2.35. The van der Waals surface area contributed by atoms with E-state index in [0.717, 1.165) is 36.9 Å². The molecular formula is C13H24BrNO. The van der Waals surface area contributed by atoms with Crippen LogP contribution in [0.2, 0.25) is 0 Å². The van der Waals surface area contributed by atoms with E-state index in [2.05, 4.69) is 35.1 Å². The second-order valence-corrected chi connectivity index (χ2v) is 5.84. The molecule has 16 heavy (non-hydrogen) atoms. The maximum atomic E-state index is 12.0. The minimum Gasteiger partial charge on any atom is -0.353 e. The summed E-state index contributed by atoms with van der Waals surface area (Å²) in [5.74, 6) is 1.38. The molecule has 2 nitrogen and oxygen atoms in total. The first-order chi connectivity index (χ1) is 7.67. The van der Waals surface area contributed by atoms with Crippen LogP contribution in [0, 0.1) is 11.8 Å². The van der Waals surface area contributed by atoms with E-state index < -0.39 is 0 Å². The van der Waals surface area contributed by atoms with Crippen molar-refractivity contribution >= 4 is 21.8 Å². The van der Waals surface area contributed by atoms with Gasteiger partial charge in [-0.2, -0.15) is 0 Å². The predicted octanol–water partition coefficient (Wildman–Crippen LogP) is 3.49. The molecule has 0 aromatic rings. The highest BCUT2D eigenvalue weighted by molar-refractivity contribution is 9.09. The summed E-state index contributed by atoms with van der Waals surface area (Å²) in [6, 6.07) is 0.353. The van der Waals surface area contributed by atoms with Crippen LogP contribution in [0.25, 0.3) is 0 Å². The molecule has 0 saturated heterocycles. The molecule has 0 radical (unpaired) electrons. The third kappa shape index (κ3) is 4.44. The lowest BCUT2D eigenvalue weighted by molar-refractivity contribution is -0.126. The van der Waals surface area contributed by atoms with Gasteiger partial charge in [0.15, 0.2) is 0 Å². The van der Waals surface area contributed by atoms with Gasteiger partial charge < -0.3 is 5.32 Å². The SMILES string of the molecule is CCC(CCBr)NC(=O)C1CCC(C)CC1. The molecule has 1 unspecified atom stereocenters. The summed E-state index contributed by atoms with van der Waals surface area (Å²) >= 11 is 3.43. The molecular weight excluding hydrogens is 266 g/mol. The molecule has 3 heteroatoms. The Morgan fingerprint density at radius 2 is 2.00 bits per heavy atom. The van der Waals surface area contributed by atoms with E-state index >= 15 is 0 Å². The highest BCUT2D eigenvalue weighted by Crippen LogP contribution is 2.28. The molecule has 0 heterocycles. The van der Waals surface area contributed by atoms with Crippen molar-refractivity contribution in [3.63, 3.8) is 0 Å². The van der Waals surface area contributed by atoms with E-state index in [1.807, 2.05) is 0 Å². The molecule has 1 amide bonds. The van der Waals surface area contributed by atoms with E-state index in [0.29, 0.717) is 11.9 Å². The predicted molar refractivity (Wildman–Crippen MR) is 71.8 cm³/mol. The lowest BCUT2D eigenvalue weighted by Gasteiger charge is -2.27. The zero-order valence-electron chi connectivity index (χ0n) is 10.5. The average molecular weight is 290 g/mol. The van der Waals surface area contributed by atoms with Crippen LogP contribution in [0.15, 0.2) is 0 Å². The molecule has 1 saturated carbocycles. The number of hydrogen-bond donors (Lipinski definition) is 1. The first kappa shape index (κ1) is 14.0. The fourth-order valence-corrected chi connectivity index (χ4v) is 2.90. The number of carbonyl (C=O) groups excluding carboxylic acids is 1. The van der Waals surface area contributed by atoms with E-state index in [-0.39, 0.29) is 5.92 Å². The molecule has 1 atom stereocenters. The van der Waals surface area contributed by atoms with Gasteiger partial charge in [0, 0.05) is 17.3 Å². The molecule has 0 aromatic heterocycles. The molecule has 1 aliphatic carbocycles. The second-order valence-electron chi connectivity index (χ2n) is 5.05. The molecule has 1 fully saturated rings. The number of rotatable bonds is 5. The lowest BCUT2D eigenvalue weighted by atomic mass is 9.82. The first-order valence-corrected chi connectivity index (χ1v) is 7.65. The standard InChI is InChI=1S/C13H24BrNO/c1-3-12(8-9-14)15-13(16)11-6-4-10(2)5-7-11/h10-12H,3-9H2,1-2H3,(H,15,16). The number of alkyl halides is 1. The van der Waals surface area contributed by atoms with Gasteiger partial charge in [-0.1, -0.05) is 29.8 Å².